The Hall–Kier alpha value is -1.35. The first-order valence-electron chi connectivity index (χ1n) is 7.25. The van der Waals surface area contributed by atoms with E-state index in [0.717, 1.165) is 25.8 Å². The quantitative estimate of drug-likeness (QED) is 0.828. The summed E-state index contributed by atoms with van der Waals surface area (Å²) < 4.78 is 5.18. The third-order valence-electron chi connectivity index (χ3n) is 3.77. The zero-order valence-electron chi connectivity index (χ0n) is 11.6. The Morgan fingerprint density at radius 3 is 2.74 bits per heavy atom. The van der Waals surface area contributed by atoms with Crippen LogP contribution in [-0.2, 0) is 16.1 Å². The third kappa shape index (κ3) is 4.06. The summed E-state index contributed by atoms with van der Waals surface area (Å²) in [6.07, 6.45) is 4.34. The predicted octanol–water partition coefficient (Wildman–Crippen LogP) is 2.90. The van der Waals surface area contributed by atoms with Crippen molar-refractivity contribution in [3.8, 4) is 0 Å². The van der Waals surface area contributed by atoms with Crippen LogP contribution in [-0.4, -0.2) is 18.6 Å². The molecular formula is C16H23NO2. The van der Waals surface area contributed by atoms with Gasteiger partial charge < -0.3 is 10.1 Å². The minimum absolute atomic E-state index is 0.0254. The average molecular weight is 261 g/mol. The van der Waals surface area contributed by atoms with Crippen molar-refractivity contribution < 1.29 is 9.53 Å². The lowest BCUT2D eigenvalue weighted by Gasteiger charge is -2.30. The molecule has 3 nitrogen and oxygen atoms in total. The van der Waals surface area contributed by atoms with Gasteiger partial charge in [-0.25, -0.2) is 0 Å². The van der Waals surface area contributed by atoms with E-state index in [-0.39, 0.29) is 17.9 Å². The van der Waals surface area contributed by atoms with Gasteiger partial charge in [-0.15, -0.1) is 0 Å². The highest BCUT2D eigenvalue weighted by molar-refractivity contribution is 5.73. The second-order valence-corrected chi connectivity index (χ2v) is 5.12. The number of hydrogen-bond acceptors (Lipinski definition) is 3. The standard InChI is InChI=1S/C16H23NO2/c1-2-19-16(18)14-10-6-7-11-15(14)17-12-13-8-4-3-5-9-13/h3-5,8-9,14-15,17H,2,6-7,10-12H2,1H3/t14-,15+/m0/s1. The molecule has 1 aromatic carbocycles. The van der Waals surface area contributed by atoms with Crippen LogP contribution in [0.4, 0.5) is 0 Å². The van der Waals surface area contributed by atoms with Crippen molar-refractivity contribution >= 4 is 5.97 Å². The molecule has 0 unspecified atom stereocenters. The van der Waals surface area contributed by atoms with E-state index in [1.807, 2.05) is 25.1 Å². The maximum Gasteiger partial charge on any atom is 0.310 e. The Labute approximate surface area is 115 Å². The van der Waals surface area contributed by atoms with Gasteiger partial charge in [0, 0.05) is 12.6 Å². The summed E-state index contributed by atoms with van der Waals surface area (Å²) in [5.74, 6) is -0.00910. The van der Waals surface area contributed by atoms with Crippen molar-refractivity contribution in [1.29, 1.82) is 0 Å². The van der Waals surface area contributed by atoms with Crippen molar-refractivity contribution in [3.63, 3.8) is 0 Å². The molecule has 0 aromatic heterocycles. The van der Waals surface area contributed by atoms with Crippen LogP contribution in [0.3, 0.4) is 0 Å². The van der Waals surface area contributed by atoms with Crippen LogP contribution < -0.4 is 5.32 Å². The Morgan fingerprint density at radius 2 is 2.00 bits per heavy atom. The van der Waals surface area contributed by atoms with Crippen LogP contribution in [0.1, 0.15) is 38.2 Å². The largest absolute Gasteiger partial charge is 0.466 e. The minimum Gasteiger partial charge on any atom is -0.466 e. The first-order valence-corrected chi connectivity index (χ1v) is 7.25. The Morgan fingerprint density at radius 1 is 1.26 bits per heavy atom. The van der Waals surface area contributed by atoms with E-state index in [1.54, 1.807) is 0 Å². The molecule has 2 atom stereocenters. The first-order chi connectivity index (χ1) is 9.31. The summed E-state index contributed by atoms with van der Waals surface area (Å²) in [5.41, 5.74) is 1.26. The van der Waals surface area contributed by atoms with Gasteiger partial charge in [-0.1, -0.05) is 43.2 Å². The molecule has 0 bridgehead atoms. The molecule has 1 aliphatic carbocycles. The van der Waals surface area contributed by atoms with E-state index >= 15 is 0 Å². The Bertz CT molecular complexity index is 391. The average Bonchev–Trinajstić information content (AvgIpc) is 2.47. The van der Waals surface area contributed by atoms with E-state index in [2.05, 4.69) is 17.4 Å². The number of carbonyl (C=O) groups is 1. The maximum atomic E-state index is 12.0. The van der Waals surface area contributed by atoms with E-state index < -0.39 is 0 Å². The summed E-state index contributed by atoms with van der Waals surface area (Å²) in [7, 11) is 0. The van der Waals surface area contributed by atoms with Gasteiger partial charge in [-0.05, 0) is 25.3 Å². The van der Waals surface area contributed by atoms with Crippen molar-refractivity contribution in [2.45, 2.75) is 45.2 Å². The number of benzene rings is 1. The molecule has 1 aliphatic rings. The number of nitrogens with one attached hydrogen (secondary N) is 1. The second-order valence-electron chi connectivity index (χ2n) is 5.12. The molecule has 1 saturated carbocycles. The number of carbonyl (C=O) groups excluding carboxylic acids is 1. The number of hydrogen-bond donors (Lipinski definition) is 1. The monoisotopic (exact) mass is 261 g/mol. The van der Waals surface area contributed by atoms with Gasteiger partial charge in [0.15, 0.2) is 0 Å². The lowest BCUT2D eigenvalue weighted by molar-refractivity contribution is -0.150. The molecule has 0 spiro atoms. The highest BCUT2D eigenvalue weighted by Gasteiger charge is 2.31. The molecule has 0 aliphatic heterocycles. The van der Waals surface area contributed by atoms with Gasteiger partial charge in [0.1, 0.15) is 0 Å². The first kappa shape index (κ1) is 14.1. The fraction of sp³-hybridized carbons (Fsp3) is 0.562. The normalized spacial score (nSPS) is 23.0. The summed E-state index contributed by atoms with van der Waals surface area (Å²) in [6.45, 7) is 3.16. The van der Waals surface area contributed by atoms with E-state index in [4.69, 9.17) is 4.74 Å². The number of ether oxygens (including phenoxy) is 1. The van der Waals surface area contributed by atoms with Gasteiger partial charge in [-0.3, -0.25) is 4.79 Å². The number of rotatable bonds is 5. The molecular weight excluding hydrogens is 238 g/mol. The summed E-state index contributed by atoms with van der Waals surface area (Å²) in [4.78, 5) is 12.0. The van der Waals surface area contributed by atoms with E-state index in [0.29, 0.717) is 6.61 Å². The summed E-state index contributed by atoms with van der Waals surface area (Å²) in [6, 6.07) is 10.6. The maximum absolute atomic E-state index is 12.0. The minimum atomic E-state index is -0.0345. The van der Waals surface area contributed by atoms with Gasteiger partial charge in [0.25, 0.3) is 0 Å². The van der Waals surface area contributed by atoms with Gasteiger partial charge in [0.05, 0.1) is 12.5 Å². The van der Waals surface area contributed by atoms with Crippen LogP contribution in [0.2, 0.25) is 0 Å². The lowest BCUT2D eigenvalue weighted by atomic mass is 9.84. The Balaban J connectivity index is 1.90. The molecule has 0 radical (unpaired) electrons. The summed E-state index contributed by atoms with van der Waals surface area (Å²) in [5, 5.41) is 3.53. The Kier molecular flexibility index (Phi) is 5.40. The molecule has 1 fully saturated rings. The van der Waals surface area contributed by atoms with Crippen molar-refractivity contribution in [1.82, 2.24) is 5.32 Å². The molecule has 3 heteroatoms. The van der Waals surface area contributed by atoms with Gasteiger partial charge >= 0.3 is 5.97 Å². The van der Waals surface area contributed by atoms with Crippen molar-refractivity contribution in [2.24, 2.45) is 5.92 Å². The molecule has 104 valence electrons. The highest BCUT2D eigenvalue weighted by atomic mass is 16.5. The fourth-order valence-corrected chi connectivity index (χ4v) is 2.75. The fourth-order valence-electron chi connectivity index (χ4n) is 2.75. The smallest absolute Gasteiger partial charge is 0.310 e. The van der Waals surface area contributed by atoms with Gasteiger partial charge in [-0.2, -0.15) is 0 Å². The van der Waals surface area contributed by atoms with E-state index in [1.165, 1.54) is 12.0 Å². The molecule has 19 heavy (non-hydrogen) atoms. The van der Waals surface area contributed by atoms with Crippen LogP contribution in [0, 0.1) is 5.92 Å². The van der Waals surface area contributed by atoms with Crippen LogP contribution in [0.5, 0.6) is 0 Å². The molecule has 1 N–H and O–H groups in total. The van der Waals surface area contributed by atoms with E-state index in [9.17, 15) is 4.79 Å². The molecule has 2 rings (SSSR count). The molecule has 0 amide bonds. The van der Waals surface area contributed by atoms with Crippen molar-refractivity contribution in [3.05, 3.63) is 35.9 Å². The van der Waals surface area contributed by atoms with Crippen LogP contribution in [0.15, 0.2) is 30.3 Å². The SMILES string of the molecule is CCOC(=O)[C@H]1CCCC[C@H]1NCc1ccccc1. The summed E-state index contributed by atoms with van der Waals surface area (Å²) >= 11 is 0. The van der Waals surface area contributed by atoms with Gasteiger partial charge in [0.2, 0.25) is 0 Å². The molecule has 0 heterocycles. The second kappa shape index (κ2) is 7.29. The zero-order valence-corrected chi connectivity index (χ0v) is 11.6. The predicted molar refractivity (Wildman–Crippen MR) is 75.7 cm³/mol. The topological polar surface area (TPSA) is 38.3 Å². The number of esters is 1. The van der Waals surface area contributed by atoms with Crippen LogP contribution >= 0.6 is 0 Å². The molecule has 0 saturated heterocycles. The highest BCUT2D eigenvalue weighted by Crippen LogP contribution is 2.26. The zero-order chi connectivity index (χ0) is 13.5. The third-order valence-corrected chi connectivity index (χ3v) is 3.77. The van der Waals surface area contributed by atoms with Crippen molar-refractivity contribution in [2.75, 3.05) is 6.61 Å². The van der Waals surface area contributed by atoms with Crippen LogP contribution in [0.25, 0.3) is 0 Å². The lowest BCUT2D eigenvalue weighted by Crippen LogP contribution is -2.42. The molecule has 1 aromatic rings.